The molecule has 0 spiro atoms. The molecule has 0 saturated carbocycles. The zero-order valence-corrected chi connectivity index (χ0v) is 15.2. The van der Waals surface area contributed by atoms with Gasteiger partial charge in [-0.2, -0.15) is 0 Å². The Balaban J connectivity index is 1.60. The van der Waals surface area contributed by atoms with Crippen LogP contribution in [0.1, 0.15) is 24.3 Å². The number of rotatable bonds is 5. The predicted molar refractivity (Wildman–Crippen MR) is 97.4 cm³/mol. The van der Waals surface area contributed by atoms with Gasteiger partial charge in [0.15, 0.2) is 0 Å². The van der Waals surface area contributed by atoms with Gasteiger partial charge in [0, 0.05) is 43.3 Å². The molecule has 2 heterocycles. The maximum absolute atomic E-state index is 4.20. The molecule has 0 amide bonds. The minimum Gasteiger partial charge on any atom is -0.298 e. The monoisotopic (exact) mass is 329 g/mol. The highest BCUT2D eigenvalue weighted by Gasteiger charge is 2.34. The molecule has 23 heavy (non-hydrogen) atoms. The number of likely N-dealkylation sites (tertiary alicyclic amines) is 1. The van der Waals surface area contributed by atoms with Crippen molar-refractivity contribution in [1.82, 2.24) is 14.8 Å². The topological polar surface area (TPSA) is 19.4 Å². The van der Waals surface area contributed by atoms with E-state index in [0.29, 0.717) is 17.9 Å². The van der Waals surface area contributed by atoms with Crippen LogP contribution in [0.3, 0.4) is 0 Å². The summed E-state index contributed by atoms with van der Waals surface area (Å²) in [5.74, 6) is 1.36. The minimum atomic E-state index is 0.643. The molecule has 1 unspecified atom stereocenters. The molecule has 0 radical (unpaired) electrons. The summed E-state index contributed by atoms with van der Waals surface area (Å²) in [5.41, 5.74) is 3.35. The highest BCUT2D eigenvalue weighted by Crippen LogP contribution is 2.28. The summed E-state index contributed by atoms with van der Waals surface area (Å²) in [6.07, 6.45) is 2.00. The number of hydrogen-bond donors (Lipinski definition) is 0. The average molecular weight is 330 g/mol. The molecule has 0 N–H and O–H groups in total. The summed E-state index contributed by atoms with van der Waals surface area (Å²) in [7, 11) is 2.27. The van der Waals surface area contributed by atoms with Crippen LogP contribution in [0.4, 0.5) is 0 Å². The SMILES string of the molecule is C[C@@H]1CN(Cc2ccccc2)C[C@H](C)C1N(C)Cc1cncs1. The number of nitrogens with zero attached hydrogens (tertiary/aromatic N) is 3. The van der Waals surface area contributed by atoms with Crippen LogP contribution in [0.2, 0.25) is 0 Å². The largest absolute Gasteiger partial charge is 0.298 e. The molecule has 1 saturated heterocycles. The van der Waals surface area contributed by atoms with E-state index < -0.39 is 0 Å². The Bertz CT molecular complexity index is 572. The molecule has 3 rings (SSSR count). The van der Waals surface area contributed by atoms with Gasteiger partial charge in [0.2, 0.25) is 0 Å². The van der Waals surface area contributed by atoms with Crippen LogP contribution in [0.5, 0.6) is 0 Å². The van der Waals surface area contributed by atoms with Crippen LogP contribution >= 0.6 is 11.3 Å². The van der Waals surface area contributed by atoms with Crippen LogP contribution in [-0.4, -0.2) is 41.0 Å². The first-order chi connectivity index (χ1) is 11.1. The van der Waals surface area contributed by atoms with Crippen molar-refractivity contribution in [3.05, 3.63) is 52.5 Å². The van der Waals surface area contributed by atoms with Crippen molar-refractivity contribution < 1.29 is 0 Å². The molecule has 1 fully saturated rings. The molecule has 4 heteroatoms. The standard InChI is InChI=1S/C19H27N3S/c1-15-10-22(12-17-7-5-4-6-8-17)11-16(2)19(15)21(3)13-18-9-20-14-23-18/h4-9,14-16,19H,10-13H2,1-3H3/t15-,16+,19?. The highest BCUT2D eigenvalue weighted by molar-refractivity contribution is 7.09. The first kappa shape index (κ1) is 16.6. The lowest BCUT2D eigenvalue weighted by atomic mass is 9.84. The number of thiazole rings is 1. The number of hydrogen-bond acceptors (Lipinski definition) is 4. The van der Waals surface area contributed by atoms with Crippen LogP contribution in [0, 0.1) is 11.8 Å². The van der Waals surface area contributed by atoms with Gasteiger partial charge in [-0.1, -0.05) is 44.2 Å². The number of aromatic nitrogens is 1. The second kappa shape index (κ2) is 7.56. The minimum absolute atomic E-state index is 0.643. The number of piperidine rings is 1. The third-order valence-electron chi connectivity index (χ3n) is 4.91. The lowest BCUT2D eigenvalue weighted by Gasteiger charge is -2.45. The first-order valence-corrected chi connectivity index (χ1v) is 9.35. The Morgan fingerprint density at radius 2 is 1.87 bits per heavy atom. The second-order valence-electron chi connectivity index (χ2n) is 7.01. The van der Waals surface area contributed by atoms with Gasteiger partial charge in [0.25, 0.3) is 0 Å². The van der Waals surface area contributed by atoms with Gasteiger partial charge in [0.1, 0.15) is 0 Å². The molecular weight excluding hydrogens is 302 g/mol. The van der Waals surface area contributed by atoms with Crippen molar-refractivity contribution in [2.24, 2.45) is 11.8 Å². The lowest BCUT2D eigenvalue weighted by molar-refractivity contribution is 0.0295. The van der Waals surface area contributed by atoms with Gasteiger partial charge in [-0.05, 0) is 24.4 Å². The van der Waals surface area contributed by atoms with E-state index in [2.05, 4.69) is 66.0 Å². The Labute approximate surface area is 144 Å². The average Bonchev–Trinajstić information content (AvgIpc) is 3.00. The summed E-state index contributed by atoms with van der Waals surface area (Å²) in [6.45, 7) is 9.25. The predicted octanol–water partition coefficient (Wildman–Crippen LogP) is 3.73. The van der Waals surface area contributed by atoms with Crippen molar-refractivity contribution >= 4 is 11.3 Å². The highest BCUT2D eigenvalue weighted by atomic mass is 32.1. The fourth-order valence-corrected chi connectivity index (χ4v) is 4.83. The van der Waals surface area contributed by atoms with Gasteiger partial charge in [-0.15, -0.1) is 11.3 Å². The van der Waals surface area contributed by atoms with Gasteiger partial charge >= 0.3 is 0 Å². The Hall–Kier alpha value is -1.23. The van der Waals surface area contributed by atoms with Crippen LogP contribution in [0.25, 0.3) is 0 Å². The first-order valence-electron chi connectivity index (χ1n) is 8.47. The van der Waals surface area contributed by atoms with Crippen molar-refractivity contribution in [3.63, 3.8) is 0 Å². The summed E-state index contributed by atoms with van der Waals surface area (Å²) in [6, 6.07) is 11.5. The summed E-state index contributed by atoms with van der Waals surface area (Å²) in [5, 5.41) is 0. The normalized spacial score (nSPS) is 25.8. The molecule has 1 aliphatic heterocycles. The third kappa shape index (κ3) is 4.19. The summed E-state index contributed by atoms with van der Waals surface area (Å²) in [4.78, 5) is 10.7. The molecule has 1 aromatic heterocycles. The molecule has 2 aromatic rings. The third-order valence-corrected chi connectivity index (χ3v) is 5.67. The molecule has 0 aliphatic carbocycles. The Morgan fingerprint density at radius 3 is 2.48 bits per heavy atom. The van der Waals surface area contributed by atoms with E-state index in [9.17, 15) is 0 Å². The Kier molecular flexibility index (Phi) is 5.46. The molecule has 3 nitrogen and oxygen atoms in total. The van der Waals surface area contributed by atoms with E-state index in [-0.39, 0.29) is 0 Å². The summed E-state index contributed by atoms with van der Waals surface area (Å²) >= 11 is 1.76. The van der Waals surface area contributed by atoms with Gasteiger partial charge < -0.3 is 0 Å². The van der Waals surface area contributed by atoms with Gasteiger partial charge in [-0.3, -0.25) is 14.8 Å². The molecule has 0 bridgehead atoms. The van der Waals surface area contributed by atoms with Gasteiger partial charge in [-0.25, -0.2) is 0 Å². The van der Waals surface area contributed by atoms with Crippen molar-refractivity contribution in [1.29, 1.82) is 0 Å². The van der Waals surface area contributed by atoms with E-state index in [1.165, 1.54) is 23.5 Å². The molecule has 1 aliphatic rings. The van der Waals surface area contributed by atoms with E-state index >= 15 is 0 Å². The molecule has 1 aromatic carbocycles. The van der Waals surface area contributed by atoms with Crippen molar-refractivity contribution in [3.8, 4) is 0 Å². The van der Waals surface area contributed by atoms with E-state index in [1.54, 1.807) is 11.3 Å². The lowest BCUT2D eigenvalue weighted by Crippen LogP contribution is -2.53. The van der Waals surface area contributed by atoms with Gasteiger partial charge in [0.05, 0.1) is 5.51 Å². The fourth-order valence-electron chi connectivity index (χ4n) is 4.18. The molecule has 124 valence electrons. The van der Waals surface area contributed by atoms with E-state index in [4.69, 9.17) is 0 Å². The summed E-state index contributed by atoms with van der Waals surface area (Å²) < 4.78 is 0. The zero-order valence-electron chi connectivity index (χ0n) is 14.4. The van der Waals surface area contributed by atoms with Crippen LogP contribution < -0.4 is 0 Å². The zero-order chi connectivity index (χ0) is 16.2. The number of benzene rings is 1. The Morgan fingerprint density at radius 1 is 1.17 bits per heavy atom. The van der Waals surface area contributed by atoms with Crippen LogP contribution in [0.15, 0.2) is 42.0 Å². The second-order valence-corrected chi connectivity index (χ2v) is 7.98. The van der Waals surface area contributed by atoms with Crippen molar-refractivity contribution in [2.45, 2.75) is 33.0 Å². The maximum atomic E-state index is 4.20. The van der Waals surface area contributed by atoms with Crippen molar-refractivity contribution in [2.75, 3.05) is 20.1 Å². The quantitative estimate of drug-likeness (QED) is 0.833. The van der Waals surface area contributed by atoms with Crippen LogP contribution in [-0.2, 0) is 13.1 Å². The van der Waals surface area contributed by atoms with E-state index in [1.807, 2.05) is 11.7 Å². The molecule has 3 atom stereocenters. The fraction of sp³-hybridized carbons (Fsp3) is 0.526. The molecular formula is C19H27N3S. The maximum Gasteiger partial charge on any atom is 0.0794 e. The smallest absolute Gasteiger partial charge is 0.0794 e. The van der Waals surface area contributed by atoms with E-state index in [0.717, 1.165) is 13.1 Å².